The first-order valence-corrected chi connectivity index (χ1v) is 7.31. The Bertz CT molecular complexity index is 572. The first-order chi connectivity index (χ1) is 10.1. The van der Waals surface area contributed by atoms with Crippen molar-refractivity contribution >= 4 is 5.91 Å². The molecule has 2 unspecified atom stereocenters. The summed E-state index contributed by atoms with van der Waals surface area (Å²) in [5.41, 5.74) is 7.93. The monoisotopic (exact) mass is 286 g/mol. The number of rotatable bonds is 3. The number of ether oxygens (including phenoxy) is 1. The molecule has 3 N–H and O–H groups in total. The van der Waals surface area contributed by atoms with E-state index in [1.807, 2.05) is 19.1 Å². The van der Waals surface area contributed by atoms with Crippen molar-refractivity contribution in [3.05, 3.63) is 34.9 Å². The molecule has 1 heterocycles. The Hall–Kier alpha value is -1.83. The smallest absolute Gasteiger partial charge is 0.251 e. The number of nitrogens with one attached hydrogen (secondary N) is 1. The standard InChI is InChI=1S/C17H22N2O2/c1-12-10-15(6-5-14(12)4-3-8-18)17(20)19-11-16-7-9-21-13(16)2/h5-6,10,13,16H,7-9,11,18H2,1-2H3,(H,19,20). The van der Waals surface area contributed by atoms with Gasteiger partial charge in [0.2, 0.25) is 0 Å². The van der Waals surface area contributed by atoms with E-state index in [0.717, 1.165) is 24.2 Å². The fourth-order valence-electron chi connectivity index (χ4n) is 2.46. The van der Waals surface area contributed by atoms with Crippen molar-refractivity contribution in [2.24, 2.45) is 11.7 Å². The Morgan fingerprint density at radius 2 is 2.33 bits per heavy atom. The van der Waals surface area contributed by atoms with Crippen LogP contribution in [0.3, 0.4) is 0 Å². The van der Waals surface area contributed by atoms with Crippen molar-refractivity contribution in [1.82, 2.24) is 5.32 Å². The first kappa shape index (κ1) is 15.6. The van der Waals surface area contributed by atoms with E-state index < -0.39 is 0 Å². The number of amides is 1. The zero-order valence-corrected chi connectivity index (χ0v) is 12.6. The van der Waals surface area contributed by atoms with Crippen molar-refractivity contribution in [3.8, 4) is 11.8 Å². The third kappa shape index (κ3) is 4.07. The van der Waals surface area contributed by atoms with Crippen LogP contribution in [0, 0.1) is 24.7 Å². The number of hydrogen-bond acceptors (Lipinski definition) is 3. The minimum atomic E-state index is -0.0458. The van der Waals surface area contributed by atoms with Gasteiger partial charge in [-0.2, -0.15) is 0 Å². The van der Waals surface area contributed by atoms with Crippen molar-refractivity contribution in [2.45, 2.75) is 26.4 Å². The molecule has 4 nitrogen and oxygen atoms in total. The van der Waals surface area contributed by atoms with Crippen molar-refractivity contribution < 1.29 is 9.53 Å². The zero-order valence-electron chi connectivity index (χ0n) is 12.6. The predicted octanol–water partition coefficient (Wildman–Crippen LogP) is 1.46. The van der Waals surface area contributed by atoms with Crippen molar-refractivity contribution in [2.75, 3.05) is 19.7 Å². The molecule has 0 bridgehead atoms. The lowest BCUT2D eigenvalue weighted by molar-refractivity contribution is 0.0907. The molecule has 0 saturated carbocycles. The number of benzene rings is 1. The molecule has 0 spiro atoms. The molecule has 0 aliphatic carbocycles. The average molecular weight is 286 g/mol. The van der Waals surface area contributed by atoms with Gasteiger partial charge in [-0.3, -0.25) is 4.79 Å². The number of hydrogen-bond donors (Lipinski definition) is 2. The van der Waals surface area contributed by atoms with Gasteiger partial charge in [-0.05, 0) is 44.0 Å². The first-order valence-electron chi connectivity index (χ1n) is 7.31. The summed E-state index contributed by atoms with van der Waals surface area (Å²) in [6, 6.07) is 5.54. The van der Waals surface area contributed by atoms with Gasteiger partial charge in [0, 0.05) is 30.2 Å². The zero-order chi connectivity index (χ0) is 15.2. The summed E-state index contributed by atoms with van der Waals surface area (Å²) in [7, 11) is 0. The summed E-state index contributed by atoms with van der Waals surface area (Å²) < 4.78 is 5.50. The Balaban J connectivity index is 1.97. The SMILES string of the molecule is Cc1cc(C(=O)NCC2CCOC2C)ccc1C#CCN. The largest absolute Gasteiger partial charge is 0.378 e. The molecular formula is C17H22N2O2. The third-order valence-corrected chi connectivity index (χ3v) is 3.87. The minimum absolute atomic E-state index is 0.0458. The molecule has 1 aliphatic heterocycles. The Morgan fingerprint density at radius 3 is 2.95 bits per heavy atom. The van der Waals surface area contributed by atoms with Gasteiger partial charge in [0.05, 0.1) is 12.6 Å². The lowest BCUT2D eigenvalue weighted by Gasteiger charge is -2.15. The molecule has 1 aromatic rings. The van der Waals surface area contributed by atoms with Crippen LogP contribution in [0.4, 0.5) is 0 Å². The van der Waals surface area contributed by atoms with Crippen LogP contribution in [-0.4, -0.2) is 31.7 Å². The number of nitrogens with two attached hydrogens (primary N) is 1. The summed E-state index contributed by atoms with van der Waals surface area (Å²) in [6.45, 7) is 5.79. The van der Waals surface area contributed by atoms with Gasteiger partial charge >= 0.3 is 0 Å². The topological polar surface area (TPSA) is 64.3 Å². The number of aryl methyl sites for hydroxylation is 1. The lowest BCUT2D eigenvalue weighted by Crippen LogP contribution is -2.32. The highest BCUT2D eigenvalue weighted by Gasteiger charge is 2.24. The van der Waals surface area contributed by atoms with Crippen LogP contribution in [0.1, 0.15) is 34.8 Å². The fraction of sp³-hybridized carbons (Fsp3) is 0.471. The molecule has 4 heteroatoms. The molecule has 1 aromatic carbocycles. The second-order valence-corrected chi connectivity index (χ2v) is 5.37. The van der Waals surface area contributed by atoms with E-state index >= 15 is 0 Å². The highest BCUT2D eigenvalue weighted by molar-refractivity contribution is 5.94. The van der Waals surface area contributed by atoms with Crippen LogP contribution < -0.4 is 11.1 Å². The number of carbonyl (C=O) groups excluding carboxylic acids is 1. The van der Waals surface area contributed by atoms with E-state index in [2.05, 4.69) is 24.1 Å². The molecule has 1 saturated heterocycles. The third-order valence-electron chi connectivity index (χ3n) is 3.87. The quantitative estimate of drug-likeness (QED) is 0.827. The Labute approximate surface area is 126 Å². The molecule has 21 heavy (non-hydrogen) atoms. The van der Waals surface area contributed by atoms with E-state index in [0.29, 0.717) is 24.6 Å². The molecule has 112 valence electrons. The molecule has 2 rings (SSSR count). The van der Waals surface area contributed by atoms with E-state index in [1.165, 1.54) is 0 Å². The highest BCUT2D eigenvalue weighted by Crippen LogP contribution is 2.19. The molecular weight excluding hydrogens is 264 g/mol. The van der Waals surface area contributed by atoms with E-state index in [-0.39, 0.29) is 12.0 Å². The summed E-state index contributed by atoms with van der Waals surface area (Å²) in [5.74, 6) is 6.18. The molecule has 0 radical (unpaired) electrons. The van der Waals surface area contributed by atoms with Gasteiger partial charge in [0.1, 0.15) is 0 Å². The van der Waals surface area contributed by atoms with Gasteiger partial charge in [-0.25, -0.2) is 0 Å². The average Bonchev–Trinajstić information content (AvgIpc) is 2.88. The molecule has 0 aromatic heterocycles. The summed E-state index contributed by atoms with van der Waals surface area (Å²) >= 11 is 0. The molecule has 1 amide bonds. The van der Waals surface area contributed by atoms with E-state index in [4.69, 9.17) is 10.5 Å². The molecule has 2 atom stereocenters. The second-order valence-electron chi connectivity index (χ2n) is 5.37. The maximum Gasteiger partial charge on any atom is 0.251 e. The van der Waals surface area contributed by atoms with Gasteiger partial charge in [-0.1, -0.05) is 11.8 Å². The predicted molar refractivity (Wildman–Crippen MR) is 83.0 cm³/mol. The van der Waals surface area contributed by atoms with Gasteiger partial charge in [-0.15, -0.1) is 0 Å². The fourth-order valence-corrected chi connectivity index (χ4v) is 2.46. The van der Waals surface area contributed by atoms with Gasteiger partial charge in [0.15, 0.2) is 0 Å². The van der Waals surface area contributed by atoms with Crippen LogP contribution in [-0.2, 0) is 4.74 Å². The van der Waals surface area contributed by atoms with Crippen molar-refractivity contribution in [1.29, 1.82) is 0 Å². The van der Waals surface area contributed by atoms with E-state index in [1.54, 1.807) is 6.07 Å². The van der Waals surface area contributed by atoms with E-state index in [9.17, 15) is 4.79 Å². The van der Waals surface area contributed by atoms with Crippen molar-refractivity contribution in [3.63, 3.8) is 0 Å². The van der Waals surface area contributed by atoms with Crippen LogP contribution >= 0.6 is 0 Å². The maximum absolute atomic E-state index is 12.2. The maximum atomic E-state index is 12.2. The Kier molecular flexibility index (Phi) is 5.38. The summed E-state index contributed by atoms with van der Waals surface area (Å²) in [5, 5.41) is 2.99. The van der Waals surface area contributed by atoms with Crippen LogP contribution in [0.25, 0.3) is 0 Å². The van der Waals surface area contributed by atoms with Crippen LogP contribution in [0.15, 0.2) is 18.2 Å². The normalized spacial score (nSPS) is 20.7. The van der Waals surface area contributed by atoms with Gasteiger partial charge in [0.25, 0.3) is 5.91 Å². The van der Waals surface area contributed by atoms with Crippen LogP contribution in [0.5, 0.6) is 0 Å². The van der Waals surface area contributed by atoms with Crippen LogP contribution in [0.2, 0.25) is 0 Å². The number of carbonyl (C=O) groups is 1. The second kappa shape index (κ2) is 7.26. The summed E-state index contributed by atoms with van der Waals surface area (Å²) in [6.07, 6.45) is 1.23. The highest BCUT2D eigenvalue weighted by atomic mass is 16.5. The minimum Gasteiger partial charge on any atom is -0.378 e. The molecule has 1 aliphatic rings. The molecule has 1 fully saturated rings. The Morgan fingerprint density at radius 1 is 1.52 bits per heavy atom. The van der Waals surface area contributed by atoms with Gasteiger partial charge < -0.3 is 15.8 Å². The lowest BCUT2D eigenvalue weighted by atomic mass is 10.0. The summed E-state index contributed by atoms with van der Waals surface area (Å²) in [4.78, 5) is 12.2.